The van der Waals surface area contributed by atoms with Gasteiger partial charge in [0.15, 0.2) is 5.78 Å². The van der Waals surface area contributed by atoms with Crippen LogP contribution in [0.25, 0.3) is 0 Å². The molecule has 0 aliphatic carbocycles. The Balaban J connectivity index is 1.59. The Morgan fingerprint density at radius 2 is 1.52 bits per heavy atom. The maximum atomic E-state index is 12.6. The van der Waals surface area contributed by atoms with Crippen molar-refractivity contribution in [2.75, 3.05) is 13.6 Å². The van der Waals surface area contributed by atoms with Gasteiger partial charge in [0.1, 0.15) is 11.9 Å². The largest absolute Gasteiger partial charge is 0.489 e. The van der Waals surface area contributed by atoms with Crippen molar-refractivity contribution in [2.45, 2.75) is 19.6 Å². The smallest absolute Gasteiger partial charge is 0.193 e. The molecule has 0 aromatic heterocycles. The third kappa shape index (κ3) is 5.53. The summed E-state index contributed by atoms with van der Waals surface area (Å²) in [5.74, 6) is 0.729. The summed E-state index contributed by atoms with van der Waals surface area (Å²) in [6.07, 6.45) is 0.0146. The maximum absolute atomic E-state index is 12.6. The summed E-state index contributed by atoms with van der Waals surface area (Å²) < 4.78 is 6.06. The molecule has 27 heavy (non-hydrogen) atoms. The molecule has 0 fully saturated rings. The molecular formula is C24H25NO2. The zero-order valence-electron chi connectivity index (χ0n) is 15.8. The summed E-state index contributed by atoms with van der Waals surface area (Å²) >= 11 is 0. The fourth-order valence-corrected chi connectivity index (χ4v) is 3.13. The van der Waals surface area contributed by atoms with Crippen LogP contribution in [-0.4, -0.2) is 30.4 Å². The second-order valence-corrected chi connectivity index (χ2v) is 6.83. The highest BCUT2D eigenvalue weighted by Gasteiger charge is 2.12. The lowest BCUT2D eigenvalue weighted by molar-refractivity contribution is 0.103. The lowest BCUT2D eigenvalue weighted by atomic mass is 10.0. The summed E-state index contributed by atoms with van der Waals surface area (Å²) in [6, 6.07) is 27.1. The highest BCUT2D eigenvalue weighted by Crippen LogP contribution is 2.18. The minimum absolute atomic E-state index is 0.00917. The van der Waals surface area contributed by atoms with Gasteiger partial charge in [-0.3, -0.25) is 9.69 Å². The summed E-state index contributed by atoms with van der Waals surface area (Å²) in [5.41, 5.74) is 2.61. The summed E-state index contributed by atoms with van der Waals surface area (Å²) in [4.78, 5) is 14.8. The summed E-state index contributed by atoms with van der Waals surface area (Å²) in [7, 11) is 2.09. The van der Waals surface area contributed by atoms with E-state index in [4.69, 9.17) is 4.74 Å². The van der Waals surface area contributed by atoms with Crippen molar-refractivity contribution in [3.8, 4) is 5.75 Å². The van der Waals surface area contributed by atoms with Gasteiger partial charge < -0.3 is 4.74 Å². The number of carbonyl (C=O) groups is 1. The first-order valence-electron chi connectivity index (χ1n) is 9.21. The molecule has 0 aliphatic rings. The molecule has 3 heteroatoms. The number of carbonyl (C=O) groups excluding carboxylic acids is 1. The molecule has 138 valence electrons. The number of rotatable bonds is 8. The highest BCUT2D eigenvalue weighted by atomic mass is 16.5. The van der Waals surface area contributed by atoms with E-state index in [1.54, 1.807) is 0 Å². The van der Waals surface area contributed by atoms with Gasteiger partial charge in [0.05, 0.1) is 0 Å². The molecule has 0 saturated heterocycles. The van der Waals surface area contributed by atoms with E-state index in [-0.39, 0.29) is 11.9 Å². The fraction of sp³-hybridized carbons (Fsp3) is 0.208. The lowest BCUT2D eigenvalue weighted by Crippen LogP contribution is -2.30. The monoisotopic (exact) mass is 359 g/mol. The van der Waals surface area contributed by atoms with Gasteiger partial charge in [-0.2, -0.15) is 0 Å². The van der Waals surface area contributed by atoms with Crippen LogP contribution in [0.4, 0.5) is 0 Å². The molecule has 3 aromatic rings. The van der Waals surface area contributed by atoms with Gasteiger partial charge in [0.25, 0.3) is 0 Å². The zero-order valence-corrected chi connectivity index (χ0v) is 15.8. The molecule has 0 radical (unpaired) electrons. The van der Waals surface area contributed by atoms with Crippen LogP contribution in [0.5, 0.6) is 5.75 Å². The van der Waals surface area contributed by atoms with Gasteiger partial charge in [-0.05, 0) is 31.7 Å². The van der Waals surface area contributed by atoms with E-state index >= 15 is 0 Å². The van der Waals surface area contributed by atoms with Crippen molar-refractivity contribution in [3.63, 3.8) is 0 Å². The quantitative estimate of drug-likeness (QED) is 0.540. The first kappa shape index (κ1) is 18.9. The third-order valence-corrected chi connectivity index (χ3v) is 4.33. The normalized spacial score (nSPS) is 12.0. The minimum atomic E-state index is 0.00917. The molecule has 3 nitrogen and oxygen atoms in total. The van der Waals surface area contributed by atoms with E-state index in [1.165, 1.54) is 5.56 Å². The van der Waals surface area contributed by atoms with Crippen LogP contribution in [0, 0.1) is 0 Å². The molecule has 0 heterocycles. The number of nitrogens with zero attached hydrogens (tertiary/aromatic N) is 1. The number of likely N-dealkylation sites (N-methyl/N-ethyl adjacent to an activating group) is 1. The molecule has 0 bridgehead atoms. The Hall–Kier alpha value is -2.91. The summed E-state index contributed by atoms with van der Waals surface area (Å²) in [6.45, 7) is 3.72. The van der Waals surface area contributed by atoms with Gasteiger partial charge in [-0.25, -0.2) is 0 Å². The van der Waals surface area contributed by atoms with Crippen LogP contribution in [0.1, 0.15) is 28.4 Å². The van der Waals surface area contributed by atoms with Crippen LogP contribution in [0.2, 0.25) is 0 Å². The molecule has 1 atom stereocenters. The van der Waals surface area contributed by atoms with E-state index in [2.05, 4.69) is 36.2 Å². The highest BCUT2D eigenvalue weighted by molar-refractivity contribution is 6.09. The Morgan fingerprint density at radius 1 is 0.889 bits per heavy atom. The predicted molar refractivity (Wildman–Crippen MR) is 109 cm³/mol. The summed E-state index contributed by atoms with van der Waals surface area (Å²) in [5, 5.41) is 0. The molecule has 0 spiro atoms. The number of hydrogen-bond donors (Lipinski definition) is 0. The van der Waals surface area contributed by atoms with Crippen LogP contribution < -0.4 is 4.74 Å². The number of ketones is 1. The van der Waals surface area contributed by atoms with Crippen molar-refractivity contribution in [1.82, 2.24) is 4.90 Å². The molecule has 0 amide bonds. The van der Waals surface area contributed by atoms with E-state index in [0.29, 0.717) is 11.1 Å². The SMILES string of the molecule is CC(CN(C)Cc1ccccc1)Oc1cccc(C(=O)c2ccccc2)c1. The molecule has 0 N–H and O–H groups in total. The van der Waals surface area contributed by atoms with E-state index in [0.717, 1.165) is 18.8 Å². The van der Waals surface area contributed by atoms with Crippen molar-refractivity contribution in [1.29, 1.82) is 0 Å². The third-order valence-electron chi connectivity index (χ3n) is 4.33. The second-order valence-electron chi connectivity index (χ2n) is 6.83. The molecular weight excluding hydrogens is 334 g/mol. The maximum Gasteiger partial charge on any atom is 0.193 e. The minimum Gasteiger partial charge on any atom is -0.489 e. The standard InChI is InChI=1S/C24H25NO2/c1-19(17-25(2)18-20-10-5-3-6-11-20)27-23-15-9-14-22(16-23)24(26)21-12-7-4-8-13-21/h3-16,19H,17-18H2,1-2H3. The van der Waals surface area contributed by atoms with Crippen LogP contribution in [-0.2, 0) is 6.54 Å². The van der Waals surface area contributed by atoms with Crippen LogP contribution in [0.3, 0.4) is 0 Å². The van der Waals surface area contributed by atoms with Crippen LogP contribution in [0.15, 0.2) is 84.9 Å². The van der Waals surface area contributed by atoms with E-state index in [1.807, 2.05) is 67.6 Å². The molecule has 3 aromatic carbocycles. The predicted octanol–water partition coefficient (Wildman–Crippen LogP) is 4.82. The van der Waals surface area contributed by atoms with Gasteiger partial charge >= 0.3 is 0 Å². The Labute approximate surface area is 161 Å². The van der Waals surface area contributed by atoms with Crippen LogP contribution >= 0.6 is 0 Å². The number of ether oxygens (including phenoxy) is 1. The number of benzene rings is 3. The second kappa shape index (κ2) is 9.15. The van der Waals surface area contributed by atoms with E-state index in [9.17, 15) is 4.79 Å². The number of hydrogen-bond acceptors (Lipinski definition) is 3. The van der Waals surface area contributed by atoms with Gasteiger partial charge in [0.2, 0.25) is 0 Å². The molecule has 1 unspecified atom stereocenters. The molecule has 3 rings (SSSR count). The van der Waals surface area contributed by atoms with Crippen molar-refractivity contribution in [2.24, 2.45) is 0 Å². The lowest BCUT2D eigenvalue weighted by Gasteiger charge is -2.22. The van der Waals surface area contributed by atoms with Gasteiger partial charge in [0, 0.05) is 24.2 Å². The Bertz CT molecular complexity index is 862. The van der Waals surface area contributed by atoms with Crippen molar-refractivity contribution in [3.05, 3.63) is 102 Å². The van der Waals surface area contributed by atoms with E-state index < -0.39 is 0 Å². The molecule has 0 saturated carbocycles. The average Bonchev–Trinajstić information content (AvgIpc) is 2.69. The first-order valence-corrected chi connectivity index (χ1v) is 9.21. The van der Waals surface area contributed by atoms with Gasteiger partial charge in [-0.1, -0.05) is 72.8 Å². The zero-order chi connectivity index (χ0) is 19.1. The fourth-order valence-electron chi connectivity index (χ4n) is 3.13. The average molecular weight is 359 g/mol. The van der Waals surface area contributed by atoms with Crippen molar-refractivity contribution < 1.29 is 9.53 Å². The first-order chi connectivity index (χ1) is 13.1. The Kier molecular flexibility index (Phi) is 6.39. The van der Waals surface area contributed by atoms with Crippen molar-refractivity contribution >= 4 is 5.78 Å². The Morgan fingerprint density at radius 3 is 2.22 bits per heavy atom. The topological polar surface area (TPSA) is 29.5 Å². The van der Waals surface area contributed by atoms with Gasteiger partial charge in [-0.15, -0.1) is 0 Å². The molecule has 0 aliphatic heterocycles.